The third kappa shape index (κ3) is 8.13. The van der Waals surface area contributed by atoms with E-state index in [4.69, 9.17) is 4.74 Å². The van der Waals surface area contributed by atoms with E-state index in [1.807, 2.05) is 0 Å². The number of nitrogens with zero attached hydrogens (tertiary/aromatic N) is 1. The maximum absolute atomic E-state index is 9.80. The van der Waals surface area contributed by atoms with Gasteiger partial charge in [-0.3, -0.25) is 0 Å². The van der Waals surface area contributed by atoms with E-state index >= 15 is 0 Å². The van der Waals surface area contributed by atoms with Crippen LogP contribution >= 0.6 is 0 Å². The van der Waals surface area contributed by atoms with Crippen LogP contribution in [0.4, 0.5) is 0 Å². The van der Waals surface area contributed by atoms with Crippen LogP contribution in [-0.4, -0.2) is 6.61 Å². The summed E-state index contributed by atoms with van der Waals surface area (Å²) in [5.41, 5.74) is 1.28. The van der Waals surface area contributed by atoms with Gasteiger partial charge in [-0.25, -0.2) is 0 Å². The molecule has 0 amide bonds. The van der Waals surface area contributed by atoms with Crippen LogP contribution in [0.25, 0.3) is 0 Å². The van der Waals surface area contributed by atoms with Gasteiger partial charge in [0.2, 0.25) is 0 Å². The maximum Gasteiger partial charge on any atom is 0.119 e. The smallest absolute Gasteiger partial charge is 0.119 e. The first-order valence-corrected chi connectivity index (χ1v) is 13.8. The van der Waals surface area contributed by atoms with Crippen molar-refractivity contribution in [3.05, 3.63) is 29.8 Å². The molecule has 2 heteroatoms. The Balaban J connectivity index is 1.37. The Morgan fingerprint density at radius 3 is 2.06 bits per heavy atom. The quantitative estimate of drug-likeness (QED) is 0.306. The van der Waals surface area contributed by atoms with Gasteiger partial charge in [0.1, 0.15) is 5.75 Å². The monoisotopic (exact) mass is 437 g/mol. The molecule has 0 bridgehead atoms. The summed E-state index contributed by atoms with van der Waals surface area (Å²) in [5, 5.41) is 9.80. The van der Waals surface area contributed by atoms with Crippen molar-refractivity contribution in [2.75, 3.05) is 6.61 Å². The van der Waals surface area contributed by atoms with Crippen LogP contribution < -0.4 is 4.74 Å². The minimum Gasteiger partial charge on any atom is -0.493 e. The lowest BCUT2D eigenvalue weighted by Gasteiger charge is -2.31. The molecule has 2 fully saturated rings. The van der Waals surface area contributed by atoms with Crippen molar-refractivity contribution in [2.24, 2.45) is 29.6 Å². The van der Waals surface area contributed by atoms with Gasteiger partial charge < -0.3 is 4.74 Å². The Kier molecular flexibility index (Phi) is 10.9. The second kappa shape index (κ2) is 13.9. The fourth-order valence-corrected chi connectivity index (χ4v) is 6.16. The molecule has 0 N–H and O–H groups in total. The Hall–Kier alpha value is -1.49. The Labute approximate surface area is 198 Å². The highest BCUT2D eigenvalue weighted by molar-refractivity contribution is 5.28. The third-order valence-corrected chi connectivity index (χ3v) is 8.37. The predicted molar refractivity (Wildman–Crippen MR) is 135 cm³/mol. The van der Waals surface area contributed by atoms with Crippen LogP contribution in [0, 0.1) is 40.9 Å². The summed E-state index contributed by atoms with van der Waals surface area (Å²) < 4.78 is 6.15. The number of nitriles is 1. The standard InChI is InChI=1S/C30H47NO/c1-3-5-6-8-25-9-11-27(12-10-25)23-32-30-19-15-26(16-20-30)21-29(22-31)28-17-13-24(7-4-2)14-18-28/h15-16,19-20,24-25,27-29H,3-14,17-18,21,23H2,1-2H3/t24-,25-,27-,28-,29?. The molecule has 2 aliphatic carbocycles. The first-order chi connectivity index (χ1) is 15.7. The zero-order valence-electron chi connectivity index (χ0n) is 20.9. The molecular weight excluding hydrogens is 390 g/mol. The average Bonchev–Trinajstić information content (AvgIpc) is 2.84. The predicted octanol–water partition coefficient (Wildman–Crippen LogP) is 8.74. The van der Waals surface area contributed by atoms with Crippen molar-refractivity contribution in [2.45, 2.75) is 110 Å². The topological polar surface area (TPSA) is 33.0 Å². The van der Waals surface area contributed by atoms with E-state index < -0.39 is 0 Å². The number of hydrogen-bond acceptors (Lipinski definition) is 2. The Morgan fingerprint density at radius 2 is 1.44 bits per heavy atom. The van der Waals surface area contributed by atoms with Gasteiger partial charge in [-0.2, -0.15) is 5.26 Å². The number of benzene rings is 1. The van der Waals surface area contributed by atoms with E-state index in [2.05, 4.69) is 44.2 Å². The van der Waals surface area contributed by atoms with Gasteiger partial charge in [0.15, 0.2) is 0 Å². The highest BCUT2D eigenvalue weighted by Gasteiger charge is 2.27. The van der Waals surface area contributed by atoms with Crippen LogP contribution in [0.5, 0.6) is 5.75 Å². The van der Waals surface area contributed by atoms with E-state index in [-0.39, 0.29) is 5.92 Å². The summed E-state index contributed by atoms with van der Waals surface area (Å²) >= 11 is 0. The maximum atomic E-state index is 9.80. The van der Waals surface area contributed by atoms with E-state index in [0.717, 1.165) is 36.5 Å². The second-order valence-electron chi connectivity index (χ2n) is 10.8. The summed E-state index contributed by atoms with van der Waals surface area (Å²) in [6.07, 6.45) is 19.7. The molecule has 0 aromatic heterocycles. The number of hydrogen-bond donors (Lipinski definition) is 0. The molecule has 0 aliphatic heterocycles. The van der Waals surface area contributed by atoms with E-state index in [1.54, 1.807) is 0 Å². The molecule has 3 rings (SSSR count). The lowest BCUT2D eigenvalue weighted by Crippen LogP contribution is -2.22. The Morgan fingerprint density at radius 1 is 0.812 bits per heavy atom. The molecule has 2 aliphatic rings. The minimum absolute atomic E-state index is 0.164. The van der Waals surface area contributed by atoms with Gasteiger partial charge in [0, 0.05) is 0 Å². The number of unbranched alkanes of at least 4 members (excludes halogenated alkanes) is 2. The fourth-order valence-electron chi connectivity index (χ4n) is 6.16. The molecule has 1 atom stereocenters. The van der Waals surface area contributed by atoms with Crippen molar-refractivity contribution in [1.82, 2.24) is 0 Å². The molecular formula is C30H47NO. The number of rotatable bonds is 12. The minimum atomic E-state index is 0.164. The summed E-state index contributed by atoms with van der Waals surface area (Å²) in [6, 6.07) is 11.3. The van der Waals surface area contributed by atoms with Crippen LogP contribution in [0.15, 0.2) is 24.3 Å². The van der Waals surface area contributed by atoms with Crippen LogP contribution in [-0.2, 0) is 6.42 Å². The van der Waals surface area contributed by atoms with Crippen LogP contribution in [0.3, 0.4) is 0 Å². The van der Waals surface area contributed by atoms with Gasteiger partial charge in [0.05, 0.1) is 18.6 Å². The van der Waals surface area contributed by atoms with Gasteiger partial charge in [-0.15, -0.1) is 0 Å². The van der Waals surface area contributed by atoms with Gasteiger partial charge in [-0.05, 0) is 73.5 Å². The highest BCUT2D eigenvalue weighted by Crippen LogP contribution is 2.37. The fraction of sp³-hybridized carbons (Fsp3) is 0.767. The molecule has 1 unspecified atom stereocenters. The van der Waals surface area contributed by atoms with Crippen molar-refractivity contribution >= 4 is 0 Å². The molecule has 2 nitrogen and oxygen atoms in total. The lowest BCUT2D eigenvalue weighted by molar-refractivity contribution is 0.177. The van der Waals surface area contributed by atoms with Gasteiger partial charge in [-0.1, -0.05) is 90.2 Å². The number of ether oxygens (including phenoxy) is 1. The molecule has 1 aromatic carbocycles. The molecule has 0 spiro atoms. The molecule has 1 aromatic rings. The van der Waals surface area contributed by atoms with Crippen molar-refractivity contribution in [3.63, 3.8) is 0 Å². The zero-order chi connectivity index (χ0) is 22.6. The second-order valence-corrected chi connectivity index (χ2v) is 10.8. The normalized spacial score (nSPS) is 26.9. The molecule has 178 valence electrons. The molecule has 0 heterocycles. The van der Waals surface area contributed by atoms with E-state index in [1.165, 1.54) is 95.5 Å². The first kappa shape index (κ1) is 25.1. The first-order valence-electron chi connectivity index (χ1n) is 13.8. The highest BCUT2D eigenvalue weighted by atomic mass is 16.5. The van der Waals surface area contributed by atoms with E-state index in [9.17, 15) is 5.26 Å². The molecule has 0 radical (unpaired) electrons. The van der Waals surface area contributed by atoms with Crippen LogP contribution in [0.1, 0.15) is 109 Å². The summed E-state index contributed by atoms with van der Waals surface area (Å²) in [6.45, 7) is 5.45. The summed E-state index contributed by atoms with van der Waals surface area (Å²) in [5.74, 6) is 4.34. The lowest BCUT2D eigenvalue weighted by atomic mass is 9.73. The molecule has 2 saturated carbocycles. The average molecular weight is 438 g/mol. The SMILES string of the molecule is CCCCC[C@H]1CC[C@H](COc2ccc(CC(C#N)[C@H]3CC[C@H](CCC)CC3)cc2)CC1. The van der Waals surface area contributed by atoms with Crippen molar-refractivity contribution < 1.29 is 4.74 Å². The largest absolute Gasteiger partial charge is 0.493 e. The van der Waals surface area contributed by atoms with Crippen LogP contribution in [0.2, 0.25) is 0 Å². The van der Waals surface area contributed by atoms with E-state index in [0.29, 0.717) is 5.92 Å². The van der Waals surface area contributed by atoms with Crippen molar-refractivity contribution in [1.29, 1.82) is 5.26 Å². The zero-order valence-corrected chi connectivity index (χ0v) is 20.9. The van der Waals surface area contributed by atoms with Crippen molar-refractivity contribution in [3.8, 4) is 11.8 Å². The Bertz CT molecular complexity index is 659. The summed E-state index contributed by atoms with van der Waals surface area (Å²) in [4.78, 5) is 0. The molecule has 32 heavy (non-hydrogen) atoms. The third-order valence-electron chi connectivity index (χ3n) is 8.37. The molecule has 0 saturated heterocycles. The van der Waals surface area contributed by atoms with Gasteiger partial charge in [0.25, 0.3) is 0 Å². The van der Waals surface area contributed by atoms with Gasteiger partial charge >= 0.3 is 0 Å². The summed E-state index contributed by atoms with van der Waals surface area (Å²) in [7, 11) is 0.